The van der Waals surface area contributed by atoms with Gasteiger partial charge in [0.2, 0.25) is 11.8 Å². The van der Waals surface area contributed by atoms with Gasteiger partial charge in [0.05, 0.1) is 4.92 Å². The molecule has 8 nitrogen and oxygen atoms in total. The molecule has 1 saturated carbocycles. The lowest BCUT2D eigenvalue weighted by molar-refractivity contribution is -0.384. The first-order valence-corrected chi connectivity index (χ1v) is 8.50. The molecular weight excluding hydrogens is 336 g/mol. The van der Waals surface area contributed by atoms with Crippen molar-refractivity contribution in [2.24, 2.45) is 5.92 Å². The largest absolute Gasteiger partial charge is 0.340 e. The van der Waals surface area contributed by atoms with Gasteiger partial charge in [0.15, 0.2) is 5.82 Å². The summed E-state index contributed by atoms with van der Waals surface area (Å²) in [4.78, 5) is 26.8. The van der Waals surface area contributed by atoms with Crippen LogP contribution in [0.5, 0.6) is 0 Å². The fourth-order valence-corrected chi connectivity index (χ4v) is 2.47. The SMILES string of the molecule is CC(C)C(NC(=O)C=Cc1ccc([N+](=O)[O-])cc1)c1nc(C2CC2)no1. The van der Waals surface area contributed by atoms with Gasteiger partial charge < -0.3 is 9.84 Å². The zero-order chi connectivity index (χ0) is 18.7. The summed E-state index contributed by atoms with van der Waals surface area (Å²) in [6.45, 7) is 3.93. The van der Waals surface area contributed by atoms with Gasteiger partial charge in [0.25, 0.3) is 5.69 Å². The molecular formula is C18H20N4O4. The summed E-state index contributed by atoms with van der Waals surface area (Å²) in [7, 11) is 0. The lowest BCUT2D eigenvalue weighted by Gasteiger charge is -2.17. The van der Waals surface area contributed by atoms with Crippen LogP contribution in [0.25, 0.3) is 6.08 Å². The molecule has 1 aliphatic rings. The number of hydrogen-bond donors (Lipinski definition) is 1. The van der Waals surface area contributed by atoms with Crippen LogP contribution in [0, 0.1) is 16.0 Å². The van der Waals surface area contributed by atoms with Crippen LogP contribution in [-0.4, -0.2) is 21.0 Å². The number of benzene rings is 1. The van der Waals surface area contributed by atoms with E-state index in [4.69, 9.17) is 4.52 Å². The number of nitrogens with zero attached hydrogens (tertiary/aromatic N) is 3. The number of rotatable bonds is 7. The molecule has 0 aliphatic heterocycles. The Hall–Kier alpha value is -3.03. The number of nitrogens with one attached hydrogen (secondary N) is 1. The monoisotopic (exact) mass is 356 g/mol. The van der Waals surface area contributed by atoms with Crippen LogP contribution < -0.4 is 5.32 Å². The lowest BCUT2D eigenvalue weighted by Crippen LogP contribution is -2.30. The Balaban J connectivity index is 1.64. The van der Waals surface area contributed by atoms with E-state index in [2.05, 4.69) is 15.5 Å². The van der Waals surface area contributed by atoms with E-state index in [0.717, 1.165) is 12.8 Å². The number of amides is 1. The molecule has 1 amide bonds. The Bertz CT molecular complexity index is 822. The Morgan fingerprint density at radius 3 is 2.62 bits per heavy atom. The average Bonchev–Trinajstić information content (AvgIpc) is 3.35. The molecule has 1 aliphatic carbocycles. The Morgan fingerprint density at radius 1 is 1.35 bits per heavy atom. The van der Waals surface area contributed by atoms with Gasteiger partial charge in [-0.1, -0.05) is 19.0 Å². The van der Waals surface area contributed by atoms with Crippen molar-refractivity contribution >= 4 is 17.7 Å². The van der Waals surface area contributed by atoms with Crippen molar-refractivity contribution in [2.45, 2.75) is 38.6 Å². The molecule has 0 saturated heterocycles. The summed E-state index contributed by atoms with van der Waals surface area (Å²) in [6, 6.07) is 5.59. The van der Waals surface area contributed by atoms with Crippen LogP contribution >= 0.6 is 0 Å². The zero-order valence-electron chi connectivity index (χ0n) is 14.6. The quantitative estimate of drug-likeness (QED) is 0.462. The molecule has 1 aromatic heterocycles. The Morgan fingerprint density at radius 2 is 2.04 bits per heavy atom. The van der Waals surface area contributed by atoms with E-state index < -0.39 is 4.92 Å². The maximum atomic E-state index is 12.2. The van der Waals surface area contributed by atoms with E-state index in [0.29, 0.717) is 23.2 Å². The van der Waals surface area contributed by atoms with Crippen molar-refractivity contribution in [3.05, 3.63) is 57.7 Å². The minimum absolute atomic E-state index is 0.00864. The average molecular weight is 356 g/mol. The number of nitro groups is 1. The maximum absolute atomic E-state index is 12.2. The highest BCUT2D eigenvalue weighted by Crippen LogP contribution is 2.38. The third-order valence-electron chi connectivity index (χ3n) is 4.16. The van der Waals surface area contributed by atoms with Gasteiger partial charge in [0, 0.05) is 24.1 Å². The topological polar surface area (TPSA) is 111 Å². The fourth-order valence-electron chi connectivity index (χ4n) is 2.47. The molecule has 26 heavy (non-hydrogen) atoms. The highest BCUT2D eigenvalue weighted by Gasteiger charge is 2.31. The van der Waals surface area contributed by atoms with Crippen molar-refractivity contribution in [2.75, 3.05) is 0 Å². The standard InChI is InChI=1S/C18H20N4O4/c1-11(2)16(18-20-17(21-26-18)13-6-7-13)19-15(23)10-5-12-3-8-14(9-4-12)22(24)25/h3-5,8-11,13,16H,6-7H2,1-2H3,(H,19,23). The van der Waals surface area contributed by atoms with Gasteiger partial charge >= 0.3 is 0 Å². The second kappa shape index (κ2) is 7.47. The minimum atomic E-state index is -0.465. The van der Waals surface area contributed by atoms with Gasteiger partial charge in [-0.05, 0) is 42.5 Å². The number of hydrogen-bond acceptors (Lipinski definition) is 6. The highest BCUT2D eigenvalue weighted by atomic mass is 16.6. The molecule has 1 fully saturated rings. The summed E-state index contributed by atoms with van der Waals surface area (Å²) in [5, 5.41) is 17.5. The predicted molar refractivity (Wildman–Crippen MR) is 94.1 cm³/mol. The van der Waals surface area contributed by atoms with Gasteiger partial charge in [-0.25, -0.2) is 0 Å². The number of carbonyl (C=O) groups excluding carboxylic acids is 1. The van der Waals surface area contributed by atoms with Gasteiger partial charge in [-0.15, -0.1) is 0 Å². The number of aromatic nitrogens is 2. The lowest BCUT2D eigenvalue weighted by atomic mass is 10.0. The summed E-state index contributed by atoms with van der Waals surface area (Å²) < 4.78 is 5.32. The highest BCUT2D eigenvalue weighted by molar-refractivity contribution is 5.91. The van der Waals surface area contributed by atoms with Gasteiger partial charge in [0.1, 0.15) is 6.04 Å². The number of carbonyl (C=O) groups is 1. The van der Waals surface area contributed by atoms with Crippen molar-refractivity contribution in [3.63, 3.8) is 0 Å². The van der Waals surface area contributed by atoms with Crippen molar-refractivity contribution < 1.29 is 14.2 Å². The molecule has 2 aromatic rings. The molecule has 1 N–H and O–H groups in total. The third kappa shape index (κ3) is 4.33. The van der Waals surface area contributed by atoms with E-state index >= 15 is 0 Å². The summed E-state index contributed by atoms with van der Waals surface area (Å²) in [5.41, 5.74) is 0.704. The molecule has 3 rings (SSSR count). The molecule has 0 bridgehead atoms. The molecule has 1 atom stereocenters. The first kappa shape index (κ1) is 17.8. The molecule has 0 spiro atoms. The van der Waals surface area contributed by atoms with E-state index in [1.165, 1.54) is 18.2 Å². The molecule has 1 aromatic carbocycles. The molecule has 0 radical (unpaired) electrons. The van der Waals surface area contributed by atoms with Gasteiger partial charge in [-0.2, -0.15) is 4.98 Å². The Labute approximate surface area is 150 Å². The summed E-state index contributed by atoms with van der Waals surface area (Å²) in [6.07, 6.45) is 5.14. The molecule has 1 unspecified atom stereocenters. The van der Waals surface area contributed by atoms with Crippen LogP contribution in [0.2, 0.25) is 0 Å². The van der Waals surface area contributed by atoms with Gasteiger partial charge in [-0.3, -0.25) is 14.9 Å². The Kier molecular flexibility index (Phi) is 5.11. The van der Waals surface area contributed by atoms with E-state index in [1.807, 2.05) is 13.8 Å². The molecule has 8 heteroatoms. The van der Waals surface area contributed by atoms with Crippen LogP contribution in [0.3, 0.4) is 0 Å². The third-order valence-corrected chi connectivity index (χ3v) is 4.16. The first-order valence-electron chi connectivity index (χ1n) is 8.50. The predicted octanol–water partition coefficient (Wildman–Crippen LogP) is 3.38. The number of non-ortho nitro benzene ring substituents is 1. The molecule has 136 valence electrons. The summed E-state index contributed by atoms with van der Waals surface area (Å²) in [5.74, 6) is 1.30. The van der Waals surface area contributed by atoms with Crippen LogP contribution in [0.1, 0.15) is 55.9 Å². The van der Waals surface area contributed by atoms with Crippen molar-refractivity contribution in [1.82, 2.24) is 15.5 Å². The maximum Gasteiger partial charge on any atom is 0.269 e. The summed E-state index contributed by atoms with van der Waals surface area (Å²) >= 11 is 0. The number of nitro benzene ring substituents is 1. The second-order valence-corrected chi connectivity index (χ2v) is 6.68. The van der Waals surface area contributed by atoms with E-state index in [1.54, 1.807) is 18.2 Å². The van der Waals surface area contributed by atoms with Crippen molar-refractivity contribution in [3.8, 4) is 0 Å². The normalized spacial score (nSPS) is 15.3. The van der Waals surface area contributed by atoms with E-state index in [-0.39, 0.29) is 23.6 Å². The van der Waals surface area contributed by atoms with E-state index in [9.17, 15) is 14.9 Å². The minimum Gasteiger partial charge on any atom is -0.340 e. The van der Waals surface area contributed by atoms with Crippen LogP contribution in [0.4, 0.5) is 5.69 Å². The zero-order valence-corrected chi connectivity index (χ0v) is 14.6. The van der Waals surface area contributed by atoms with Crippen LogP contribution in [0.15, 0.2) is 34.9 Å². The van der Waals surface area contributed by atoms with Crippen molar-refractivity contribution in [1.29, 1.82) is 0 Å². The first-order chi connectivity index (χ1) is 12.4. The second-order valence-electron chi connectivity index (χ2n) is 6.68. The molecule has 1 heterocycles. The smallest absolute Gasteiger partial charge is 0.269 e. The van der Waals surface area contributed by atoms with Crippen LogP contribution in [-0.2, 0) is 4.79 Å². The fraction of sp³-hybridized carbons (Fsp3) is 0.389.